The van der Waals surface area contributed by atoms with E-state index in [1.807, 2.05) is 0 Å². The SMILES string of the molecule is OC(c1ccc(F)cc1F)C(F)F. The van der Waals surface area contributed by atoms with Crippen LogP contribution >= 0.6 is 0 Å². The molecule has 0 fully saturated rings. The third kappa shape index (κ3) is 2.18. The summed E-state index contributed by atoms with van der Waals surface area (Å²) in [5.74, 6) is -2.05. The maximum atomic E-state index is 12.7. The largest absolute Gasteiger partial charge is 0.382 e. The molecule has 0 saturated carbocycles. The van der Waals surface area contributed by atoms with Crippen molar-refractivity contribution in [3.8, 4) is 0 Å². The first-order valence-corrected chi connectivity index (χ1v) is 3.43. The van der Waals surface area contributed by atoms with Gasteiger partial charge in [0.25, 0.3) is 6.43 Å². The van der Waals surface area contributed by atoms with Crippen molar-refractivity contribution in [1.82, 2.24) is 0 Å². The summed E-state index contributed by atoms with van der Waals surface area (Å²) in [6.07, 6.45) is -5.29. The Labute approximate surface area is 71.6 Å². The summed E-state index contributed by atoms with van der Waals surface area (Å²) in [5, 5.41) is 8.76. The summed E-state index contributed by atoms with van der Waals surface area (Å²) >= 11 is 0. The van der Waals surface area contributed by atoms with Gasteiger partial charge >= 0.3 is 0 Å². The van der Waals surface area contributed by atoms with Crippen LogP contribution in [0.1, 0.15) is 11.7 Å². The Morgan fingerprint density at radius 3 is 2.23 bits per heavy atom. The van der Waals surface area contributed by atoms with Gasteiger partial charge in [-0.1, -0.05) is 6.07 Å². The number of benzene rings is 1. The Bertz CT molecular complexity index is 300. The minimum atomic E-state index is -3.08. The highest BCUT2D eigenvalue weighted by atomic mass is 19.3. The quantitative estimate of drug-likeness (QED) is 0.716. The fraction of sp³-hybridized carbons (Fsp3) is 0.250. The summed E-state index contributed by atoms with van der Waals surface area (Å²) in [6, 6.07) is 2.05. The highest BCUT2D eigenvalue weighted by molar-refractivity contribution is 5.21. The maximum Gasteiger partial charge on any atom is 0.268 e. The summed E-state index contributed by atoms with van der Waals surface area (Å²) < 4.78 is 48.8. The van der Waals surface area contributed by atoms with Crippen LogP contribution in [0.2, 0.25) is 0 Å². The van der Waals surface area contributed by atoms with Crippen molar-refractivity contribution >= 4 is 0 Å². The summed E-state index contributed by atoms with van der Waals surface area (Å²) in [7, 11) is 0. The monoisotopic (exact) mass is 194 g/mol. The molecule has 1 unspecified atom stereocenters. The average Bonchev–Trinajstić information content (AvgIpc) is 2.03. The van der Waals surface area contributed by atoms with Crippen LogP contribution in [0.3, 0.4) is 0 Å². The van der Waals surface area contributed by atoms with Gasteiger partial charge in [0.2, 0.25) is 0 Å². The summed E-state index contributed by atoms with van der Waals surface area (Å²) in [6.45, 7) is 0. The molecule has 1 rings (SSSR count). The molecule has 5 heteroatoms. The van der Waals surface area contributed by atoms with E-state index in [1.165, 1.54) is 0 Å². The molecule has 0 heterocycles. The molecule has 0 aliphatic carbocycles. The van der Waals surface area contributed by atoms with Crippen LogP contribution in [0.4, 0.5) is 17.6 Å². The number of aliphatic hydroxyl groups excluding tert-OH is 1. The van der Waals surface area contributed by atoms with Crippen LogP contribution in [0.5, 0.6) is 0 Å². The Hall–Kier alpha value is -1.10. The van der Waals surface area contributed by atoms with Crippen LogP contribution in [-0.4, -0.2) is 11.5 Å². The smallest absolute Gasteiger partial charge is 0.268 e. The topological polar surface area (TPSA) is 20.2 Å². The third-order valence-corrected chi connectivity index (χ3v) is 1.52. The van der Waals surface area contributed by atoms with Crippen molar-refractivity contribution < 1.29 is 22.7 Å². The van der Waals surface area contributed by atoms with Crippen LogP contribution in [0.25, 0.3) is 0 Å². The predicted octanol–water partition coefficient (Wildman–Crippen LogP) is 2.26. The zero-order valence-electron chi connectivity index (χ0n) is 6.35. The van der Waals surface area contributed by atoms with Crippen molar-refractivity contribution in [3.05, 3.63) is 35.4 Å². The van der Waals surface area contributed by atoms with E-state index in [2.05, 4.69) is 0 Å². The molecule has 0 saturated heterocycles. The minimum Gasteiger partial charge on any atom is -0.382 e. The van der Waals surface area contributed by atoms with Gasteiger partial charge in [-0.05, 0) is 6.07 Å². The van der Waals surface area contributed by atoms with Crippen LogP contribution < -0.4 is 0 Å². The Kier molecular flexibility index (Phi) is 2.87. The van der Waals surface area contributed by atoms with Crippen molar-refractivity contribution in [3.63, 3.8) is 0 Å². The fourth-order valence-corrected chi connectivity index (χ4v) is 0.877. The lowest BCUT2D eigenvalue weighted by molar-refractivity contribution is -0.00776. The van der Waals surface area contributed by atoms with Gasteiger partial charge in [0.15, 0.2) is 0 Å². The highest BCUT2D eigenvalue weighted by Crippen LogP contribution is 2.23. The van der Waals surface area contributed by atoms with Crippen molar-refractivity contribution in [2.45, 2.75) is 12.5 Å². The van der Waals surface area contributed by atoms with E-state index in [0.29, 0.717) is 6.07 Å². The van der Waals surface area contributed by atoms with Gasteiger partial charge in [-0.15, -0.1) is 0 Å². The van der Waals surface area contributed by atoms with Crippen molar-refractivity contribution in [1.29, 1.82) is 0 Å². The lowest BCUT2D eigenvalue weighted by Crippen LogP contribution is -2.10. The molecule has 0 spiro atoms. The fourth-order valence-electron chi connectivity index (χ4n) is 0.877. The molecule has 1 aromatic carbocycles. The zero-order chi connectivity index (χ0) is 10.0. The third-order valence-electron chi connectivity index (χ3n) is 1.52. The number of alkyl halides is 2. The van der Waals surface area contributed by atoms with E-state index >= 15 is 0 Å². The van der Waals surface area contributed by atoms with Crippen LogP contribution in [-0.2, 0) is 0 Å². The van der Waals surface area contributed by atoms with E-state index in [0.717, 1.165) is 12.1 Å². The van der Waals surface area contributed by atoms with Gasteiger partial charge < -0.3 is 5.11 Å². The summed E-state index contributed by atoms with van der Waals surface area (Å²) in [4.78, 5) is 0. The molecule has 72 valence electrons. The zero-order valence-corrected chi connectivity index (χ0v) is 6.35. The van der Waals surface area contributed by atoms with Crippen LogP contribution in [0, 0.1) is 11.6 Å². The Balaban J connectivity index is 3.01. The lowest BCUT2D eigenvalue weighted by Gasteiger charge is -2.10. The molecule has 1 N–H and O–H groups in total. The second-order valence-corrected chi connectivity index (χ2v) is 2.45. The number of rotatable bonds is 2. The molecule has 0 aromatic heterocycles. The van der Waals surface area contributed by atoms with Gasteiger partial charge in [0, 0.05) is 11.6 Å². The molecular weight excluding hydrogens is 188 g/mol. The lowest BCUT2D eigenvalue weighted by atomic mass is 10.1. The van der Waals surface area contributed by atoms with Crippen molar-refractivity contribution in [2.24, 2.45) is 0 Å². The van der Waals surface area contributed by atoms with Gasteiger partial charge in [0.1, 0.15) is 17.7 Å². The van der Waals surface area contributed by atoms with Crippen molar-refractivity contribution in [2.75, 3.05) is 0 Å². The molecule has 1 aromatic rings. The van der Waals surface area contributed by atoms with E-state index in [9.17, 15) is 17.6 Å². The molecule has 0 aliphatic rings. The molecule has 0 bridgehead atoms. The van der Waals surface area contributed by atoms with Crippen LogP contribution in [0.15, 0.2) is 18.2 Å². The first kappa shape index (κ1) is 9.98. The molecule has 0 radical (unpaired) electrons. The maximum absolute atomic E-state index is 12.7. The van der Waals surface area contributed by atoms with Gasteiger partial charge in [-0.2, -0.15) is 0 Å². The molecular formula is C8H6F4O. The summed E-state index contributed by atoms with van der Waals surface area (Å²) in [5.41, 5.74) is -0.601. The predicted molar refractivity (Wildman–Crippen MR) is 37.3 cm³/mol. The highest BCUT2D eigenvalue weighted by Gasteiger charge is 2.22. The van der Waals surface area contributed by atoms with Gasteiger partial charge in [-0.25, -0.2) is 17.6 Å². The average molecular weight is 194 g/mol. The molecule has 1 atom stereocenters. The first-order chi connectivity index (χ1) is 6.02. The standard InChI is InChI=1S/C8H6F4O/c9-4-1-2-5(6(10)3-4)7(13)8(11)12/h1-3,7-8,13H. The molecule has 13 heavy (non-hydrogen) atoms. The van der Waals surface area contributed by atoms with Gasteiger partial charge in [-0.3, -0.25) is 0 Å². The van der Waals surface area contributed by atoms with E-state index in [4.69, 9.17) is 5.11 Å². The second kappa shape index (κ2) is 3.74. The van der Waals surface area contributed by atoms with E-state index < -0.39 is 29.7 Å². The number of hydrogen-bond acceptors (Lipinski definition) is 1. The number of hydrogen-bond donors (Lipinski definition) is 1. The Morgan fingerprint density at radius 1 is 1.15 bits per heavy atom. The van der Waals surface area contributed by atoms with E-state index in [-0.39, 0.29) is 0 Å². The number of aliphatic hydroxyl groups is 1. The van der Waals surface area contributed by atoms with Gasteiger partial charge in [0.05, 0.1) is 0 Å². The normalized spacial score (nSPS) is 13.4. The Morgan fingerprint density at radius 2 is 1.77 bits per heavy atom. The molecule has 0 amide bonds. The molecule has 0 aliphatic heterocycles. The van der Waals surface area contributed by atoms with E-state index in [1.54, 1.807) is 0 Å². The first-order valence-electron chi connectivity index (χ1n) is 3.43. The minimum absolute atomic E-state index is 0.445. The number of halogens is 4. The second-order valence-electron chi connectivity index (χ2n) is 2.45. The molecule has 1 nitrogen and oxygen atoms in total.